The summed E-state index contributed by atoms with van der Waals surface area (Å²) in [7, 11) is 0. The molecule has 2 aromatic rings. The zero-order chi connectivity index (χ0) is 14.2. The highest BCUT2D eigenvalue weighted by Gasteiger charge is 2.33. The molecular weight excluding hydrogens is 274 g/mol. The van der Waals surface area contributed by atoms with E-state index in [0.29, 0.717) is 16.5 Å². The first-order valence-electron chi connectivity index (χ1n) is 6.94. The number of aromatic nitrogens is 4. The summed E-state index contributed by atoms with van der Waals surface area (Å²) in [5, 5.41) is 12.9. The van der Waals surface area contributed by atoms with Crippen LogP contribution in [-0.4, -0.2) is 20.2 Å². The predicted octanol–water partition coefficient (Wildman–Crippen LogP) is 3.26. The van der Waals surface area contributed by atoms with Crippen LogP contribution in [0.15, 0.2) is 18.2 Å². The van der Waals surface area contributed by atoms with E-state index in [1.54, 1.807) is 12.1 Å². The molecule has 0 radical (unpaired) electrons. The molecule has 1 saturated carbocycles. The molecule has 1 aliphatic rings. The largest absolute Gasteiger partial charge is 0.398 e. The number of tetrazole rings is 1. The van der Waals surface area contributed by atoms with Crippen molar-refractivity contribution in [1.29, 1.82) is 0 Å². The van der Waals surface area contributed by atoms with Gasteiger partial charge in [-0.05, 0) is 48.4 Å². The summed E-state index contributed by atoms with van der Waals surface area (Å²) in [4.78, 5) is 0. The van der Waals surface area contributed by atoms with E-state index in [1.165, 1.54) is 19.3 Å². The first-order chi connectivity index (χ1) is 9.60. The van der Waals surface area contributed by atoms with Crippen LogP contribution in [0.2, 0.25) is 5.02 Å². The first-order valence-corrected chi connectivity index (χ1v) is 7.32. The monoisotopic (exact) mass is 291 g/mol. The normalized spacial score (nSPS) is 18.1. The van der Waals surface area contributed by atoms with Crippen LogP contribution >= 0.6 is 11.6 Å². The molecule has 1 heterocycles. The molecule has 6 heteroatoms. The standard InChI is InChI=1S/C14H18ClN5/c1-14(7-3-2-4-8-14)20-13(17-18-19-20)11-9-10(15)5-6-12(11)16/h5-6,9H,2-4,7-8,16H2,1H3. The molecule has 1 aliphatic carbocycles. The predicted molar refractivity (Wildman–Crippen MR) is 79.4 cm³/mol. The number of hydrogen-bond donors (Lipinski definition) is 1. The summed E-state index contributed by atoms with van der Waals surface area (Å²) >= 11 is 6.07. The summed E-state index contributed by atoms with van der Waals surface area (Å²) < 4.78 is 1.92. The Labute approximate surface area is 123 Å². The van der Waals surface area contributed by atoms with Crippen LogP contribution in [0, 0.1) is 0 Å². The van der Waals surface area contributed by atoms with Crippen molar-refractivity contribution in [1.82, 2.24) is 20.2 Å². The lowest BCUT2D eigenvalue weighted by molar-refractivity contribution is 0.197. The van der Waals surface area contributed by atoms with Crippen LogP contribution in [0.25, 0.3) is 11.4 Å². The zero-order valence-corrected chi connectivity index (χ0v) is 12.3. The maximum Gasteiger partial charge on any atom is 0.184 e. The summed E-state index contributed by atoms with van der Waals surface area (Å²) in [6.45, 7) is 2.22. The second kappa shape index (κ2) is 5.05. The second-order valence-electron chi connectivity index (χ2n) is 5.70. The Morgan fingerprint density at radius 2 is 2.00 bits per heavy atom. The fourth-order valence-electron chi connectivity index (χ4n) is 2.97. The molecule has 1 fully saturated rings. The fourth-order valence-corrected chi connectivity index (χ4v) is 3.14. The van der Waals surface area contributed by atoms with Gasteiger partial charge in [-0.3, -0.25) is 0 Å². The van der Waals surface area contributed by atoms with Crippen molar-refractivity contribution in [2.75, 3.05) is 5.73 Å². The van der Waals surface area contributed by atoms with Gasteiger partial charge in [-0.25, -0.2) is 4.68 Å². The van der Waals surface area contributed by atoms with Gasteiger partial charge in [0.05, 0.1) is 5.54 Å². The van der Waals surface area contributed by atoms with Crippen LogP contribution in [0.3, 0.4) is 0 Å². The molecule has 1 aromatic carbocycles. The van der Waals surface area contributed by atoms with Crippen molar-refractivity contribution < 1.29 is 0 Å². The van der Waals surface area contributed by atoms with Crippen LogP contribution in [0.4, 0.5) is 5.69 Å². The third-order valence-electron chi connectivity index (χ3n) is 4.17. The Morgan fingerprint density at radius 3 is 2.75 bits per heavy atom. The minimum atomic E-state index is -0.0359. The van der Waals surface area contributed by atoms with Gasteiger partial charge in [-0.15, -0.1) is 5.10 Å². The number of rotatable bonds is 2. The van der Waals surface area contributed by atoms with Gasteiger partial charge in [0.1, 0.15) is 0 Å². The minimum Gasteiger partial charge on any atom is -0.398 e. The second-order valence-corrected chi connectivity index (χ2v) is 6.14. The lowest BCUT2D eigenvalue weighted by atomic mass is 9.83. The third-order valence-corrected chi connectivity index (χ3v) is 4.40. The Morgan fingerprint density at radius 1 is 1.25 bits per heavy atom. The summed E-state index contributed by atoms with van der Waals surface area (Å²) in [5.41, 5.74) is 7.46. The van der Waals surface area contributed by atoms with Gasteiger partial charge in [0, 0.05) is 16.3 Å². The highest BCUT2D eigenvalue weighted by Crippen LogP contribution is 2.37. The molecule has 0 bridgehead atoms. The third kappa shape index (κ3) is 2.26. The minimum absolute atomic E-state index is 0.0359. The van der Waals surface area contributed by atoms with Gasteiger partial charge in [0.25, 0.3) is 0 Å². The van der Waals surface area contributed by atoms with Gasteiger partial charge in [0.2, 0.25) is 0 Å². The van der Waals surface area contributed by atoms with Crippen LogP contribution in [-0.2, 0) is 5.54 Å². The Hall–Kier alpha value is -1.62. The Kier molecular flexibility index (Phi) is 3.38. The van der Waals surface area contributed by atoms with Crippen molar-refractivity contribution in [3.05, 3.63) is 23.2 Å². The number of hydrogen-bond acceptors (Lipinski definition) is 4. The van der Waals surface area contributed by atoms with Crippen molar-refractivity contribution in [2.45, 2.75) is 44.6 Å². The van der Waals surface area contributed by atoms with Gasteiger partial charge in [-0.1, -0.05) is 30.9 Å². The zero-order valence-electron chi connectivity index (χ0n) is 11.5. The molecule has 0 spiro atoms. The summed E-state index contributed by atoms with van der Waals surface area (Å²) in [6.07, 6.45) is 5.88. The number of halogens is 1. The lowest BCUT2D eigenvalue weighted by Crippen LogP contribution is -2.34. The smallest absolute Gasteiger partial charge is 0.184 e. The SMILES string of the molecule is CC1(n2nnnc2-c2cc(Cl)ccc2N)CCCCC1. The molecule has 0 aliphatic heterocycles. The fraction of sp³-hybridized carbons (Fsp3) is 0.500. The average Bonchev–Trinajstić information content (AvgIpc) is 2.92. The number of nitrogens with two attached hydrogens (primary N) is 1. The first kappa shape index (κ1) is 13.4. The molecule has 3 rings (SSSR count). The van der Waals surface area contributed by atoms with E-state index >= 15 is 0 Å². The summed E-state index contributed by atoms with van der Waals surface area (Å²) in [6, 6.07) is 5.39. The number of anilines is 1. The number of benzene rings is 1. The van der Waals surface area contributed by atoms with Gasteiger partial charge in [-0.2, -0.15) is 0 Å². The molecule has 0 amide bonds. The van der Waals surface area contributed by atoms with Crippen molar-refractivity contribution in [3.8, 4) is 11.4 Å². The van der Waals surface area contributed by atoms with Crippen LogP contribution in [0.5, 0.6) is 0 Å². The molecular formula is C14H18ClN5. The van der Waals surface area contributed by atoms with Gasteiger partial charge in [0.15, 0.2) is 5.82 Å². The van der Waals surface area contributed by atoms with E-state index in [9.17, 15) is 0 Å². The molecule has 2 N–H and O–H groups in total. The van der Waals surface area contributed by atoms with E-state index in [2.05, 4.69) is 22.4 Å². The van der Waals surface area contributed by atoms with E-state index in [1.807, 2.05) is 10.7 Å². The van der Waals surface area contributed by atoms with Crippen LogP contribution < -0.4 is 5.73 Å². The molecule has 0 atom stereocenters. The topological polar surface area (TPSA) is 69.6 Å². The molecule has 0 unspecified atom stereocenters. The highest BCUT2D eigenvalue weighted by atomic mass is 35.5. The van der Waals surface area contributed by atoms with Crippen LogP contribution in [0.1, 0.15) is 39.0 Å². The maximum atomic E-state index is 6.07. The molecule has 1 aromatic heterocycles. The van der Waals surface area contributed by atoms with Crippen molar-refractivity contribution in [2.24, 2.45) is 0 Å². The van der Waals surface area contributed by atoms with Gasteiger partial charge >= 0.3 is 0 Å². The number of nitrogen functional groups attached to an aromatic ring is 1. The lowest BCUT2D eigenvalue weighted by Gasteiger charge is -2.34. The Bertz CT molecular complexity index is 616. The van der Waals surface area contributed by atoms with Crippen molar-refractivity contribution in [3.63, 3.8) is 0 Å². The number of nitrogens with zero attached hydrogens (tertiary/aromatic N) is 4. The Balaban J connectivity index is 2.08. The van der Waals surface area contributed by atoms with E-state index in [-0.39, 0.29) is 5.54 Å². The maximum absolute atomic E-state index is 6.07. The molecule has 106 valence electrons. The molecule has 5 nitrogen and oxygen atoms in total. The van der Waals surface area contributed by atoms with Gasteiger partial charge < -0.3 is 5.73 Å². The molecule has 0 saturated heterocycles. The van der Waals surface area contributed by atoms with E-state index < -0.39 is 0 Å². The molecule has 20 heavy (non-hydrogen) atoms. The highest BCUT2D eigenvalue weighted by molar-refractivity contribution is 6.31. The quantitative estimate of drug-likeness (QED) is 0.862. The average molecular weight is 292 g/mol. The van der Waals surface area contributed by atoms with E-state index in [0.717, 1.165) is 18.4 Å². The van der Waals surface area contributed by atoms with Crippen molar-refractivity contribution >= 4 is 17.3 Å². The van der Waals surface area contributed by atoms with E-state index in [4.69, 9.17) is 17.3 Å². The summed E-state index contributed by atoms with van der Waals surface area (Å²) in [5.74, 6) is 0.703.